The predicted molar refractivity (Wildman–Crippen MR) is 170 cm³/mol. The molecular formula is C34H44ClN3O. The van der Waals surface area contributed by atoms with Gasteiger partial charge in [-0.1, -0.05) is 98.1 Å². The molecule has 0 unspecified atom stereocenters. The van der Waals surface area contributed by atoms with Gasteiger partial charge in [0.05, 0.1) is 6.54 Å². The van der Waals surface area contributed by atoms with Crippen molar-refractivity contribution in [1.29, 1.82) is 0 Å². The highest BCUT2D eigenvalue weighted by molar-refractivity contribution is 6.31. The third kappa shape index (κ3) is 12.8. The van der Waals surface area contributed by atoms with Crippen molar-refractivity contribution in [2.75, 3.05) is 32.7 Å². The van der Waals surface area contributed by atoms with Crippen molar-refractivity contribution in [3.8, 4) is 0 Å². The van der Waals surface area contributed by atoms with Gasteiger partial charge in [0.1, 0.15) is 0 Å². The zero-order valence-corrected chi connectivity index (χ0v) is 24.4. The maximum Gasteiger partial charge on any atom is 0.245 e. The van der Waals surface area contributed by atoms with Crippen LogP contribution in [0.4, 0.5) is 0 Å². The van der Waals surface area contributed by atoms with Gasteiger partial charge in [-0.2, -0.15) is 0 Å². The highest BCUT2D eigenvalue weighted by Gasteiger charge is 2.25. The molecule has 0 bridgehead atoms. The van der Waals surface area contributed by atoms with Gasteiger partial charge in [0, 0.05) is 49.1 Å². The number of piperazine rings is 1. The number of allylic oxidation sites excluding steroid dienone is 12. The first-order valence-electron chi connectivity index (χ1n) is 13.3. The van der Waals surface area contributed by atoms with Gasteiger partial charge in [-0.05, 0) is 56.2 Å². The highest BCUT2D eigenvalue weighted by Crippen LogP contribution is 2.21. The van der Waals surface area contributed by atoms with Crippen LogP contribution in [-0.2, 0) is 11.3 Å². The molecule has 1 aromatic carbocycles. The van der Waals surface area contributed by atoms with Crippen LogP contribution in [-0.4, -0.2) is 53.3 Å². The van der Waals surface area contributed by atoms with Crippen molar-refractivity contribution in [1.82, 2.24) is 14.7 Å². The fourth-order valence-corrected chi connectivity index (χ4v) is 4.08. The van der Waals surface area contributed by atoms with Crippen LogP contribution in [0.15, 0.2) is 135 Å². The molecule has 0 radical (unpaired) electrons. The maximum atomic E-state index is 13.5. The summed E-state index contributed by atoms with van der Waals surface area (Å²) in [6, 6.07) is 7.99. The molecule has 1 heterocycles. The third-order valence-corrected chi connectivity index (χ3v) is 6.07. The van der Waals surface area contributed by atoms with E-state index in [0.29, 0.717) is 6.54 Å². The van der Waals surface area contributed by atoms with Crippen LogP contribution in [0.3, 0.4) is 0 Å². The van der Waals surface area contributed by atoms with Crippen LogP contribution >= 0.6 is 11.6 Å². The second-order valence-corrected chi connectivity index (χ2v) is 9.14. The Kier molecular flexibility index (Phi) is 17.7. The van der Waals surface area contributed by atoms with Crippen LogP contribution in [0.25, 0.3) is 0 Å². The quantitative estimate of drug-likeness (QED) is 0.233. The first kappa shape index (κ1) is 33.6. The van der Waals surface area contributed by atoms with Gasteiger partial charge in [0.15, 0.2) is 0 Å². The minimum absolute atomic E-state index is 0.0574. The molecule has 1 aliphatic heterocycles. The Balaban J connectivity index is 0.000000975. The lowest BCUT2D eigenvalue weighted by Crippen LogP contribution is -2.49. The molecule has 208 valence electrons. The van der Waals surface area contributed by atoms with Crippen LogP contribution in [0, 0.1) is 0 Å². The number of hydrogen-bond acceptors (Lipinski definition) is 3. The van der Waals surface area contributed by atoms with E-state index in [1.165, 1.54) is 0 Å². The van der Waals surface area contributed by atoms with Crippen molar-refractivity contribution in [2.45, 2.75) is 26.8 Å². The molecule has 0 aromatic heterocycles. The summed E-state index contributed by atoms with van der Waals surface area (Å²) in [4.78, 5) is 19.9. The molecule has 1 saturated heterocycles. The number of nitrogens with zero attached hydrogens (tertiary/aromatic N) is 3. The third-order valence-electron chi connectivity index (χ3n) is 5.70. The molecular weight excluding hydrogens is 502 g/mol. The van der Waals surface area contributed by atoms with E-state index in [-0.39, 0.29) is 5.91 Å². The first-order chi connectivity index (χ1) is 18.9. The van der Waals surface area contributed by atoms with Gasteiger partial charge < -0.3 is 0 Å². The molecule has 1 amide bonds. The Hall–Kier alpha value is -3.44. The summed E-state index contributed by atoms with van der Waals surface area (Å²) in [6.45, 7) is 22.5. The standard InChI is InChI=1S/C27H32ClN3O.C4H6.C3H6/c1-3-11-24(12-4-2)31(25-14-7-5-6-8-15-25)27(32)22-30-19-17-29(18-20-30)21-23-13-9-10-16-26(23)28;1-3-4-2;1-3-2/h3-5,7-16H,1,6,17-22H2,2H3;3-4H,1-2H2;3H,1H2,2H3/b12-4-,24-11+;;. The molecule has 5 heteroatoms. The lowest BCUT2D eigenvalue weighted by molar-refractivity contribution is -0.129. The molecule has 0 spiro atoms. The summed E-state index contributed by atoms with van der Waals surface area (Å²) in [5, 5.41) is 0.810. The Morgan fingerprint density at radius 3 is 2.21 bits per heavy atom. The van der Waals surface area contributed by atoms with E-state index < -0.39 is 0 Å². The molecule has 0 N–H and O–H groups in total. The Bertz CT molecular complexity index is 1080. The van der Waals surface area contributed by atoms with Crippen molar-refractivity contribution < 1.29 is 4.79 Å². The van der Waals surface area contributed by atoms with E-state index in [2.05, 4.69) is 54.3 Å². The number of halogens is 1. The van der Waals surface area contributed by atoms with Gasteiger partial charge in [-0.3, -0.25) is 19.5 Å². The van der Waals surface area contributed by atoms with Crippen LogP contribution in [0.5, 0.6) is 0 Å². The molecule has 1 aromatic rings. The summed E-state index contributed by atoms with van der Waals surface area (Å²) < 4.78 is 0. The largest absolute Gasteiger partial charge is 0.296 e. The number of benzene rings is 1. The molecule has 4 nitrogen and oxygen atoms in total. The second-order valence-electron chi connectivity index (χ2n) is 8.74. The summed E-state index contributed by atoms with van der Waals surface area (Å²) in [5.74, 6) is 0.0574. The van der Waals surface area contributed by atoms with Gasteiger partial charge >= 0.3 is 0 Å². The SMILES string of the molecule is C=C/C=C(\C=C/C)N(C(=O)CN1CCN(Cc2ccccc2Cl)CC1)C1=CC=CCC=C1.C=CC.C=CC=C. The molecule has 1 aliphatic carbocycles. The molecule has 3 rings (SSSR count). The molecule has 0 saturated carbocycles. The number of amides is 1. The monoisotopic (exact) mass is 545 g/mol. The van der Waals surface area contributed by atoms with Gasteiger partial charge in [-0.25, -0.2) is 0 Å². The van der Waals surface area contributed by atoms with Gasteiger partial charge in [-0.15, -0.1) is 6.58 Å². The first-order valence-corrected chi connectivity index (χ1v) is 13.6. The topological polar surface area (TPSA) is 26.8 Å². The zero-order valence-electron chi connectivity index (χ0n) is 23.6. The van der Waals surface area contributed by atoms with Crippen LogP contribution in [0.2, 0.25) is 5.02 Å². The number of carbonyl (C=O) groups is 1. The number of hydrogen-bond donors (Lipinski definition) is 0. The zero-order chi connectivity index (χ0) is 28.9. The van der Waals surface area contributed by atoms with E-state index in [1.807, 2.05) is 68.5 Å². The minimum atomic E-state index is 0.0574. The summed E-state index contributed by atoms with van der Waals surface area (Å²) in [7, 11) is 0. The summed E-state index contributed by atoms with van der Waals surface area (Å²) in [6.07, 6.45) is 23.5. The average Bonchev–Trinajstić information content (AvgIpc) is 3.21. The number of carbonyl (C=O) groups excluding carboxylic acids is 1. The van der Waals surface area contributed by atoms with Crippen LogP contribution in [0.1, 0.15) is 25.8 Å². The average molecular weight is 546 g/mol. The van der Waals surface area contributed by atoms with Crippen LogP contribution < -0.4 is 0 Å². The second kappa shape index (κ2) is 20.5. The highest BCUT2D eigenvalue weighted by atomic mass is 35.5. The van der Waals surface area contributed by atoms with E-state index in [4.69, 9.17) is 11.6 Å². The van der Waals surface area contributed by atoms with Gasteiger partial charge in [0.2, 0.25) is 5.91 Å². The normalized spacial score (nSPS) is 15.6. The Morgan fingerprint density at radius 1 is 0.974 bits per heavy atom. The van der Waals surface area contributed by atoms with Crippen molar-refractivity contribution >= 4 is 17.5 Å². The fraction of sp³-hybridized carbons (Fsp3) is 0.265. The Labute approximate surface area is 241 Å². The lowest BCUT2D eigenvalue weighted by atomic mass is 10.2. The smallest absolute Gasteiger partial charge is 0.245 e. The summed E-state index contributed by atoms with van der Waals surface area (Å²) >= 11 is 6.32. The van der Waals surface area contributed by atoms with E-state index in [0.717, 1.165) is 61.1 Å². The molecule has 1 fully saturated rings. The predicted octanol–water partition coefficient (Wildman–Crippen LogP) is 7.88. The van der Waals surface area contributed by atoms with E-state index >= 15 is 0 Å². The van der Waals surface area contributed by atoms with Crippen molar-refractivity contribution in [2.24, 2.45) is 0 Å². The van der Waals surface area contributed by atoms with E-state index in [9.17, 15) is 4.79 Å². The minimum Gasteiger partial charge on any atom is -0.296 e. The van der Waals surface area contributed by atoms with Crippen molar-refractivity contribution in [3.05, 3.63) is 145 Å². The maximum absolute atomic E-state index is 13.5. The Morgan fingerprint density at radius 2 is 1.62 bits per heavy atom. The summed E-state index contributed by atoms with van der Waals surface area (Å²) in [5.41, 5.74) is 2.83. The fourth-order valence-electron chi connectivity index (χ4n) is 3.89. The van der Waals surface area contributed by atoms with Gasteiger partial charge in [0.25, 0.3) is 0 Å². The number of rotatable bonds is 9. The molecule has 2 aliphatic rings. The molecule has 39 heavy (non-hydrogen) atoms. The van der Waals surface area contributed by atoms with Crippen molar-refractivity contribution in [3.63, 3.8) is 0 Å². The van der Waals surface area contributed by atoms with E-state index in [1.54, 1.807) is 29.2 Å². The lowest BCUT2D eigenvalue weighted by Gasteiger charge is -2.35. The molecule has 0 atom stereocenters.